The van der Waals surface area contributed by atoms with E-state index >= 15 is 0 Å². The highest BCUT2D eigenvalue weighted by molar-refractivity contribution is 5.83. The van der Waals surface area contributed by atoms with E-state index in [9.17, 15) is 4.79 Å². The Morgan fingerprint density at radius 3 is 2.67 bits per heavy atom. The van der Waals surface area contributed by atoms with Crippen LogP contribution in [0.3, 0.4) is 0 Å². The Morgan fingerprint density at radius 2 is 1.85 bits per heavy atom. The van der Waals surface area contributed by atoms with Gasteiger partial charge in [0.1, 0.15) is 0 Å². The average Bonchev–Trinajstić information content (AvgIpc) is 3.37. The highest BCUT2D eigenvalue weighted by Gasteiger charge is 2.33. The van der Waals surface area contributed by atoms with Gasteiger partial charge in [-0.1, -0.05) is 36.4 Å². The highest BCUT2D eigenvalue weighted by Crippen LogP contribution is 2.26. The third kappa shape index (κ3) is 6.12. The van der Waals surface area contributed by atoms with Gasteiger partial charge >= 0.3 is 0 Å². The van der Waals surface area contributed by atoms with Crippen molar-refractivity contribution in [3.8, 4) is 0 Å². The van der Waals surface area contributed by atoms with Crippen LogP contribution in [0, 0.1) is 11.8 Å². The van der Waals surface area contributed by atoms with Gasteiger partial charge in [-0.15, -0.1) is 0 Å². The van der Waals surface area contributed by atoms with Crippen LogP contribution in [0.15, 0.2) is 42.5 Å². The van der Waals surface area contributed by atoms with Crippen molar-refractivity contribution < 1.29 is 14.3 Å². The van der Waals surface area contributed by atoms with E-state index in [-0.39, 0.29) is 17.9 Å². The van der Waals surface area contributed by atoms with Crippen LogP contribution in [0.2, 0.25) is 0 Å². The summed E-state index contributed by atoms with van der Waals surface area (Å²) in [5, 5.41) is 5.76. The molecule has 2 aromatic carbocycles. The first-order valence-electron chi connectivity index (χ1n) is 12.6. The Morgan fingerprint density at radius 1 is 1.00 bits per heavy atom. The van der Waals surface area contributed by atoms with E-state index in [0.717, 1.165) is 78.4 Å². The number of nitrogens with one attached hydrogen (secondary N) is 1. The van der Waals surface area contributed by atoms with E-state index < -0.39 is 0 Å². The normalized spacial score (nSPS) is 27.1. The van der Waals surface area contributed by atoms with Crippen molar-refractivity contribution in [2.45, 2.75) is 31.9 Å². The largest absolute Gasteiger partial charge is 0.379 e. The zero-order chi connectivity index (χ0) is 22.5. The number of likely N-dealkylation sites (tertiary alicyclic amines) is 1. The topological polar surface area (TPSA) is 54.0 Å². The maximum Gasteiger partial charge on any atom is 0.224 e. The Bertz CT molecular complexity index is 924. The summed E-state index contributed by atoms with van der Waals surface area (Å²) in [5.74, 6) is 0.725. The molecule has 3 aliphatic heterocycles. The summed E-state index contributed by atoms with van der Waals surface area (Å²) >= 11 is 0. The summed E-state index contributed by atoms with van der Waals surface area (Å²) in [6.07, 6.45) is 3.31. The number of morpholine rings is 1. The first-order chi connectivity index (χ1) is 16.2. The lowest BCUT2D eigenvalue weighted by Crippen LogP contribution is -2.50. The highest BCUT2D eigenvalue weighted by atomic mass is 16.5. The van der Waals surface area contributed by atoms with E-state index in [1.807, 2.05) is 0 Å². The van der Waals surface area contributed by atoms with Crippen molar-refractivity contribution in [1.29, 1.82) is 0 Å². The molecule has 0 aromatic heterocycles. The summed E-state index contributed by atoms with van der Waals surface area (Å²) in [5.41, 5.74) is 1.32. The minimum absolute atomic E-state index is 0.0339. The van der Waals surface area contributed by atoms with Crippen LogP contribution >= 0.6 is 0 Å². The zero-order valence-electron chi connectivity index (χ0n) is 19.6. The molecule has 3 fully saturated rings. The summed E-state index contributed by atoms with van der Waals surface area (Å²) in [6.45, 7) is 8.90. The van der Waals surface area contributed by atoms with Crippen LogP contribution in [-0.2, 0) is 20.8 Å². The van der Waals surface area contributed by atoms with Crippen molar-refractivity contribution in [1.82, 2.24) is 15.1 Å². The number of hydrogen-bond donors (Lipinski definition) is 1. The lowest BCUT2D eigenvalue weighted by molar-refractivity contribution is -0.128. The van der Waals surface area contributed by atoms with E-state index in [1.165, 1.54) is 16.3 Å². The quantitative estimate of drug-likeness (QED) is 0.702. The molecule has 3 saturated heterocycles. The smallest absolute Gasteiger partial charge is 0.224 e. The van der Waals surface area contributed by atoms with Crippen LogP contribution < -0.4 is 5.32 Å². The number of fused-ring (bicyclic) bond motifs is 1. The first-order valence-corrected chi connectivity index (χ1v) is 12.6. The van der Waals surface area contributed by atoms with Gasteiger partial charge in [-0.2, -0.15) is 0 Å². The Balaban J connectivity index is 1.25. The molecule has 1 N–H and O–H groups in total. The number of amides is 1. The summed E-state index contributed by atoms with van der Waals surface area (Å²) in [7, 11) is 0. The second-order valence-corrected chi connectivity index (χ2v) is 9.97. The van der Waals surface area contributed by atoms with Crippen molar-refractivity contribution in [3.05, 3.63) is 48.0 Å². The Labute approximate surface area is 197 Å². The molecule has 1 amide bonds. The standard InChI is InChI=1S/C27H37N3O3/c31-27(28-16-26-6-3-11-33-26)25-15-22(18-29-9-12-32-13-10-29)19-30(20-25)17-21-7-8-23-4-1-2-5-24(23)14-21/h1-2,4-5,7-8,14,22,25-26H,3,6,9-13,15-20H2,(H,28,31)/t22-,25-,26-/m1/s1. The average molecular weight is 452 g/mol. The van der Waals surface area contributed by atoms with Gasteiger partial charge in [0.25, 0.3) is 0 Å². The second kappa shape index (κ2) is 11.0. The SMILES string of the molecule is O=C(NC[C@H]1CCCO1)[C@@H]1C[C@H](CN2CCOCC2)CN(Cc2ccc3ccccc3c2)C1. The van der Waals surface area contributed by atoms with Crippen LogP contribution in [0.25, 0.3) is 10.8 Å². The molecule has 178 valence electrons. The van der Waals surface area contributed by atoms with Crippen molar-refractivity contribution in [2.75, 3.05) is 59.1 Å². The molecular formula is C27H37N3O3. The molecule has 6 heteroatoms. The van der Waals surface area contributed by atoms with Crippen LogP contribution in [0.1, 0.15) is 24.8 Å². The molecule has 3 aliphatic rings. The fourth-order valence-electron chi connectivity index (χ4n) is 5.66. The number of ether oxygens (including phenoxy) is 2. The van der Waals surface area contributed by atoms with E-state index in [1.54, 1.807) is 0 Å². The molecule has 0 radical (unpaired) electrons. The Kier molecular flexibility index (Phi) is 7.57. The number of piperidine rings is 1. The van der Waals surface area contributed by atoms with Gasteiger partial charge in [0.2, 0.25) is 5.91 Å². The molecule has 33 heavy (non-hydrogen) atoms. The van der Waals surface area contributed by atoms with Gasteiger partial charge in [-0.05, 0) is 47.6 Å². The summed E-state index contributed by atoms with van der Waals surface area (Å²) in [6, 6.07) is 15.3. The summed E-state index contributed by atoms with van der Waals surface area (Å²) in [4.78, 5) is 18.1. The number of rotatable bonds is 7. The van der Waals surface area contributed by atoms with E-state index in [2.05, 4.69) is 57.6 Å². The second-order valence-electron chi connectivity index (χ2n) is 9.97. The molecule has 6 nitrogen and oxygen atoms in total. The van der Waals surface area contributed by atoms with Gasteiger partial charge < -0.3 is 14.8 Å². The third-order valence-corrected chi connectivity index (χ3v) is 7.35. The monoisotopic (exact) mass is 451 g/mol. The molecular weight excluding hydrogens is 414 g/mol. The number of carbonyl (C=O) groups excluding carboxylic acids is 1. The van der Waals surface area contributed by atoms with Crippen molar-refractivity contribution in [3.63, 3.8) is 0 Å². The minimum Gasteiger partial charge on any atom is -0.379 e. The molecule has 3 atom stereocenters. The maximum atomic E-state index is 13.1. The van der Waals surface area contributed by atoms with Gasteiger partial charge in [0.15, 0.2) is 0 Å². The molecule has 0 spiro atoms. The number of hydrogen-bond acceptors (Lipinski definition) is 5. The van der Waals surface area contributed by atoms with Crippen LogP contribution in [0.4, 0.5) is 0 Å². The van der Waals surface area contributed by atoms with E-state index in [4.69, 9.17) is 9.47 Å². The number of benzene rings is 2. The maximum absolute atomic E-state index is 13.1. The number of nitrogens with zero attached hydrogens (tertiary/aromatic N) is 2. The molecule has 0 unspecified atom stereocenters. The predicted octanol–water partition coefficient (Wildman–Crippen LogP) is 2.91. The molecule has 2 aromatic rings. The molecule has 0 bridgehead atoms. The van der Waals surface area contributed by atoms with Gasteiger partial charge in [0.05, 0.1) is 25.2 Å². The Hall–Kier alpha value is -1.99. The fraction of sp³-hybridized carbons (Fsp3) is 0.593. The first kappa shape index (κ1) is 22.8. The van der Waals surface area contributed by atoms with Gasteiger partial charge in [-0.3, -0.25) is 14.6 Å². The minimum atomic E-state index is 0.0339. The molecule has 5 rings (SSSR count). The van der Waals surface area contributed by atoms with Crippen molar-refractivity contribution >= 4 is 16.7 Å². The molecule has 0 aliphatic carbocycles. The zero-order valence-corrected chi connectivity index (χ0v) is 19.6. The van der Waals surface area contributed by atoms with Crippen LogP contribution in [0.5, 0.6) is 0 Å². The van der Waals surface area contributed by atoms with Crippen LogP contribution in [-0.4, -0.2) is 80.9 Å². The van der Waals surface area contributed by atoms with Gasteiger partial charge in [0, 0.05) is 52.4 Å². The van der Waals surface area contributed by atoms with E-state index in [0.29, 0.717) is 12.5 Å². The lowest BCUT2D eigenvalue weighted by atomic mass is 9.87. The summed E-state index contributed by atoms with van der Waals surface area (Å²) < 4.78 is 11.2. The van der Waals surface area contributed by atoms with Gasteiger partial charge in [-0.25, -0.2) is 0 Å². The molecule has 3 heterocycles. The predicted molar refractivity (Wildman–Crippen MR) is 130 cm³/mol. The lowest BCUT2D eigenvalue weighted by Gasteiger charge is -2.40. The number of carbonyl (C=O) groups is 1. The molecule has 0 saturated carbocycles. The third-order valence-electron chi connectivity index (χ3n) is 7.35. The van der Waals surface area contributed by atoms with Crippen molar-refractivity contribution in [2.24, 2.45) is 11.8 Å². The fourth-order valence-corrected chi connectivity index (χ4v) is 5.66.